The molecule has 1 aromatic heterocycles. The third-order valence-corrected chi connectivity index (χ3v) is 6.11. The van der Waals surface area contributed by atoms with Gasteiger partial charge in [-0.2, -0.15) is 13.4 Å². The summed E-state index contributed by atoms with van der Waals surface area (Å²) in [5, 5.41) is 3.53. The number of nitrogens with one attached hydrogen (secondary N) is 1. The summed E-state index contributed by atoms with van der Waals surface area (Å²) in [4.78, 5) is 9.33. The minimum Gasteiger partial charge on any atom is -0.363 e. The first-order valence-electron chi connectivity index (χ1n) is 8.62. The molecule has 4 unspecified atom stereocenters. The fourth-order valence-corrected chi connectivity index (χ4v) is 4.81. The van der Waals surface area contributed by atoms with Crippen LogP contribution in [0.1, 0.15) is 19.3 Å². The van der Waals surface area contributed by atoms with Crippen LogP contribution in [0.25, 0.3) is 10.2 Å². The second kappa shape index (κ2) is 11.7. The van der Waals surface area contributed by atoms with Crippen LogP contribution in [-0.2, 0) is 40.2 Å². The Morgan fingerprint density at radius 1 is 1.17 bits per heavy atom. The van der Waals surface area contributed by atoms with E-state index in [4.69, 9.17) is 31.4 Å². The summed E-state index contributed by atoms with van der Waals surface area (Å²) < 4.78 is 61.1. The summed E-state index contributed by atoms with van der Waals surface area (Å²) in [7, 11) is 0. The van der Waals surface area contributed by atoms with Crippen molar-refractivity contribution < 1.29 is 39.8 Å². The highest BCUT2D eigenvalue weighted by molar-refractivity contribution is 7.93. The van der Waals surface area contributed by atoms with Crippen LogP contribution < -0.4 is 10.2 Å². The largest absolute Gasteiger partial charge is 0.363 e. The molecule has 1 aliphatic rings. The average molecular weight is 501 g/mol. The maximum atomic E-state index is 10.9. The summed E-state index contributed by atoms with van der Waals surface area (Å²) >= 11 is -2.48. The van der Waals surface area contributed by atoms with E-state index in [0.29, 0.717) is 18.0 Å². The Bertz CT molecular complexity index is 859. The van der Waals surface area contributed by atoms with Gasteiger partial charge in [-0.3, -0.25) is 22.4 Å². The molecule has 15 heteroatoms. The van der Waals surface area contributed by atoms with Crippen molar-refractivity contribution in [1.29, 1.82) is 0 Å². The Balaban J connectivity index is 1.54. The molecule has 4 atom stereocenters. The first-order chi connectivity index (χ1) is 14.4. The van der Waals surface area contributed by atoms with Crippen molar-refractivity contribution in [1.82, 2.24) is 4.98 Å². The summed E-state index contributed by atoms with van der Waals surface area (Å²) in [5.41, 5.74) is 1.57. The molecule has 0 bridgehead atoms. The number of ether oxygens (including phenoxy) is 1. The molecule has 1 fully saturated rings. The molecule has 0 radical (unpaired) electrons. The molecule has 1 saturated carbocycles. The van der Waals surface area contributed by atoms with Gasteiger partial charge in [-0.05, 0) is 18.2 Å². The van der Waals surface area contributed by atoms with Gasteiger partial charge in [0, 0.05) is 43.2 Å². The zero-order valence-electron chi connectivity index (χ0n) is 15.6. The normalized spacial score (nSPS) is 23.9. The van der Waals surface area contributed by atoms with Crippen molar-refractivity contribution >= 4 is 62.0 Å². The van der Waals surface area contributed by atoms with E-state index in [1.54, 1.807) is 6.26 Å². The van der Waals surface area contributed by atoms with Crippen LogP contribution in [0.5, 0.6) is 5.19 Å². The van der Waals surface area contributed by atoms with E-state index in [2.05, 4.69) is 10.3 Å². The molecule has 30 heavy (non-hydrogen) atoms. The lowest BCUT2D eigenvalue weighted by molar-refractivity contribution is -0.0769. The molecule has 0 aliphatic heterocycles. The monoisotopic (exact) mass is 500 g/mol. The van der Waals surface area contributed by atoms with Crippen LogP contribution >= 0.6 is 23.4 Å². The molecule has 2 aromatic rings. The lowest BCUT2D eigenvalue weighted by Gasteiger charge is -2.32. The van der Waals surface area contributed by atoms with Gasteiger partial charge in [0.05, 0.1) is 28.5 Å². The third-order valence-electron chi connectivity index (χ3n) is 4.15. The topological polar surface area (TPSA) is 146 Å². The third kappa shape index (κ3) is 7.37. The van der Waals surface area contributed by atoms with Crippen molar-refractivity contribution in [3.8, 4) is 5.19 Å². The fraction of sp³-hybridized carbons (Fsp3) is 0.533. The number of hydrogen-bond acceptors (Lipinski definition) is 11. The lowest BCUT2D eigenvalue weighted by Crippen LogP contribution is -2.38. The average Bonchev–Trinajstić information content (AvgIpc) is 3.07. The second-order valence-corrected chi connectivity index (χ2v) is 8.88. The zero-order valence-corrected chi connectivity index (χ0v) is 18.9. The number of benzene rings is 1. The Morgan fingerprint density at radius 3 is 2.47 bits per heavy atom. The van der Waals surface area contributed by atoms with Crippen LogP contribution in [-0.4, -0.2) is 53.8 Å². The van der Waals surface area contributed by atoms with E-state index in [0.717, 1.165) is 27.9 Å². The molecule has 168 valence electrons. The SMILES string of the molecule is CSOOc1nc2ccc(NCOC3CC(OS(=O)O)CC(OS(=O)O)C3)cc2s1. The van der Waals surface area contributed by atoms with Crippen LogP contribution in [0.4, 0.5) is 5.69 Å². The summed E-state index contributed by atoms with van der Waals surface area (Å²) in [6.07, 6.45) is 1.03. The highest BCUT2D eigenvalue weighted by atomic mass is 32.2. The second-order valence-electron chi connectivity index (χ2n) is 6.17. The number of rotatable bonds is 11. The lowest BCUT2D eigenvalue weighted by atomic mass is 9.92. The molecule has 1 aromatic carbocycles. The number of hydrogen-bond donors (Lipinski definition) is 3. The molecule has 0 saturated heterocycles. The van der Waals surface area contributed by atoms with Crippen molar-refractivity contribution in [2.24, 2.45) is 0 Å². The van der Waals surface area contributed by atoms with Gasteiger partial charge in [-0.25, -0.2) is 0 Å². The molecule has 0 spiro atoms. The van der Waals surface area contributed by atoms with Gasteiger partial charge in [0.1, 0.15) is 6.73 Å². The molecule has 3 rings (SSSR count). The van der Waals surface area contributed by atoms with E-state index in [1.807, 2.05) is 18.2 Å². The number of fused-ring (bicyclic) bond motifs is 1. The van der Waals surface area contributed by atoms with Crippen LogP contribution in [0, 0.1) is 0 Å². The first-order valence-corrected chi connectivity index (χ1v) is 12.6. The molecule has 3 N–H and O–H groups in total. The van der Waals surface area contributed by atoms with E-state index < -0.39 is 34.9 Å². The molecule has 0 amide bonds. The Kier molecular flexibility index (Phi) is 9.24. The Hall–Kier alpha value is -0.880. The number of nitrogens with zero attached hydrogens (tertiary/aromatic N) is 1. The van der Waals surface area contributed by atoms with Crippen LogP contribution in [0.3, 0.4) is 0 Å². The Labute approximate surface area is 185 Å². The van der Waals surface area contributed by atoms with Crippen LogP contribution in [0.2, 0.25) is 0 Å². The standard InChI is InChI=1S/C15H20N2O9S4/c1-27-26-23-15-17-13-3-2-9(4-14(13)28-15)16-8-22-10-5-11(24-29(18)19)7-12(6-10)25-30(20)21/h2-4,10-12,16H,5-8H2,1H3,(H,18,19)(H,20,21). The van der Waals surface area contributed by atoms with Gasteiger partial charge in [0.2, 0.25) is 0 Å². The fourth-order valence-electron chi connectivity index (χ4n) is 3.05. The van der Waals surface area contributed by atoms with E-state index >= 15 is 0 Å². The quantitative estimate of drug-likeness (QED) is 0.137. The summed E-state index contributed by atoms with van der Waals surface area (Å²) in [6.45, 7) is 0.151. The highest BCUT2D eigenvalue weighted by Crippen LogP contribution is 2.31. The molecule has 1 aliphatic carbocycles. The Morgan fingerprint density at radius 2 is 1.83 bits per heavy atom. The molecule has 1 heterocycles. The number of aromatic nitrogens is 1. The predicted octanol–water partition coefficient (Wildman–Crippen LogP) is 2.87. The molecular formula is C15H20N2O9S4. The van der Waals surface area contributed by atoms with Crippen molar-refractivity contribution in [3.05, 3.63) is 18.2 Å². The van der Waals surface area contributed by atoms with Gasteiger partial charge < -0.3 is 10.1 Å². The van der Waals surface area contributed by atoms with E-state index in [1.165, 1.54) is 11.3 Å². The zero-order chi connectivity index (χ0) is 21.5. The molecular weight excluding hydrogens is 480 g/mol. The van der Waals surface area contributed by atoms with Gasteiger partial charge >= 0.3 is 27.9 Å². The van der Waals surface area contributed by atoms with Gasteiger partial charge in [-0.1, -0.05) is 11.3 Å². The number of anilines is 1. The molecule has 11 nitrogen and oxygen atoms in total. The van der Waals surface area contributed by atoms with Gasteiger partial charge in [-0.15, -0.1) is 4.33 Å². The first kappa shape index (κ1) is 23.8. The van der Waals surface area contributed by atoms with Crippen LogP contribution in [0.15, 0.2) is 18.2 Å². The van der Waals surface area contributed by atoms with Gasteiger partial charge in [0.15, 0.2) is 0 Å². The highest BCUT2D eigenvalue weighted by Gasteiger charge is 2.33. The maximum Gasteiger partial charge on any atom is 0.315 e. The van der Waals surface area contributed by atoms with E-state index in [9.17, 15) is 8.42 Å². The predicted molar refractivity (Wildman–Crippen MR) is 113 cm³/mol. The van der Waals surface area contributed by atoms with Crippen molar-refractivity contribution in [2.45, 2.75) is 37.6 Å². The number of thiazole rings is 1. The summed E-state index contributed by atoms with van der Waals surface area (Å²) in [5.74, 6) is 0. The van der Waals surface area contributed by atoms with Crippen molar-refractivity contribution in [3.63, 3.8) is 0 Å². The smallest absolute Gasteiger partial charge is 0.315 e. The summed E-state index contributed by atoms with van der Waals surface area (Å²) in [6, 6.07) is 5.57. The van der Waals surface area contributed by atoms with Gasteiger partial charge in [0.25, 0.3) is 0 Å². The van der Waals surface area contributed by atoms with E-state index in [-0.39, 0.29) is 19.3 Å². The minimum atomic E-state index is -2.45. The maximum absolute atomic E-state index is 10.9. The van der Waals surface area contributed by atoms with Crippen molar-refractivity contribution in [2.75, 3.05) is 18.3 Å². The minimum absolute atomic E-state index is 0.151.